The van der Waals surface area contributed by atoms with Gasteiger partial charge in [-0.25, -0.2) is 4.98 Å². The molecule has 2 heteroatoms. The normalized spacial score (nSPS) is 11.8. The Morgan fingerprint density at radius 3 is 1.35 bits per heavy atom. The van der Waals surface area contributed by atoms with Crippen molar-refractivity contribution in [2.45, 2.75) is 0 Å². The lowest BCUT2D eigenvalue weighted by Crippen LogP contribution is -1.98. The Hall–Kier alpha value is -8.33. The third-order valence-corrected chi connectivity index (χ3v) is 13.1. The number of rotatable bonds is 5. The molecule has 0 unspecified atom stereocenters. The van der Waals surface area contributed by atoms with Crippen LogP contribution < -0.4 is 0 Å². The van der Waals surface area contributed by atoms with Gasteiger partial charge in [-0.05, 0) is 118 Å². The zero-order chi connectivity index (χ0) is 41.4. The van der Waals surface area contributed by atoms with Gasteiger partial charge >= 0.3 is 0 Å². The van der Waals surface area contributed by atoms with E-state index < -0.39 is 0 Å². The van der Waals surface area contributed by atoms with Crippen LogP contribution in [0.3, 0.4) is 0 Å². The van der Waals surface area contributed by atoms with E-state index in [2.05, 4.69) is 235 Å². The fraction of sp³-hybridized carbons (Fsp3) is 0. The second-order valence-electron chi connectivity index (χ2n) is 16.7. The predicted molar refractivity (Wildman–Crippen MR) is 268 cm³/mol. The Bertz CT molecular complexity index is 3950. The van der Waals surface area contributed by atoms with Crippen LogP contribution in [0.1, 0.15) is 0 Å². The maximum atomic E-state index is 5.50. The van der Waals surface area contributed by atoms with Crippen molar-refractivity contribution in [2.24, 2.45) is 0 Å². The number of nitrogens with zero attached hydrogens (tertiary/aromatic N) is 2. The molecule has 0 fully saturated rings. The monoisotopic (exact) mass is 798 g/mol. The zero-order valence-corrected chi connectivity index (χ0v) is 34.3. The van der Waals surface area contributed by atoms with E-state index in [1.807, 2.05) is 0 Å². The van der Waals surface area contributed by atoms with E-state index in [1.54, 1.807) is 0 Å². The van der Waals surface area contributed by atoms with E-state index in [0.29, 0.717) is 0 Å². The van der Waals surface area contributed by atoms with Crippen LogP contribution in [0.15, 0.2) is 231 Å². The highest BCUT2D eigenvalue weighted by Crippen LogP contribution is 2.46. The highest BCUT2D eigenvalue weighted by molar-refractivity contribution is 6.25. The average Bonchev–Trinajstić information content (AvgIpc) is 3.77. The first-order valence-corrected chi connectivity index (χ1v) is 21.7. The first-order chi connectivity index (χ1) is 31.2. The number of hydrogen-bond acceptors (Lipinski definition) is 1. The summed E-state index contributed by atoms with van der Waals surface area (Å²) in [6, 6.07) is 84.3. The fourth-order valence-corrected chi connectivity index (χ4v) is 10.2. The molecule has 13 aromatic rings. The van der Waals surface area contributed by atoms with Crippen molar-refractivity contribution in [3.8, 4) is 50.5 Å². The van der Waals surface area contributed by atoms with Gasteiger partial charge in [0.2, 0.25) is 0 Å². The first kappa shape index (κ1) is 35.4. The minimum Gasteiger partial charge on any atom is -0.292 e. The van der Waals surface area contributed by atoms with Gasteiger partial charge in [-0.2, -0.15) is 0 Å². The van der Waals surface area contributed by atoms with Crippen molar-refractivity contribution in [3.63, 3.8) is 0 Å². The molecule has 2 nitrogen and oxygen atoms in total. The number of aromatic nitrogens is 2. The molecule has 0 amide bonds. The van der Waals surface area contributed by atoms with Gasteiger partial charge in [0.05, 0.1) is 11.0 Å². The minimum atomic E-state index is 0.924. The number of hydrogen-bond donors (Lipinski definition) is 0. The quantitative estimate of drug-likeness (QED) is 0.125. The molecule has 1 aromatic heterocycles. The third-order valence-electron chi connectivity index (χ3n) is 13.1. The minimum absolute atomic E-state index is 0.924. The Morgan fingerprint density at radius 2 is 0.714 bits per heavy atom. The highest BCUT2D eigenvalue weighted by atomic mass is 15.1. The summed E-state index contributed by atoms with van der Waals surface area (Å²) in [5.74, 6) is 0.924. The Balaban J connectivity index is 1.03. The van der Waals surface area contributed by atoms with Gasteiger partial charge in [0, 0.05) is 22.0 Å². The van der Waals surface area contributed by atoms with E-state index in [1.165, 1.54) is 87.1 Å². The number of fused-ring (bicyclic) bond motifs is 10. The molecule has 0 N–H and O–H groups in total. The molecule has 13 rings (SSSR count). The predicted octanol–water partition coefficient (Wildman–Crippen LogP) is 16.6. The molecule has 0 saturated heterocycles. The van der Waals surface area contributed by atoms with Crippen LogP contribution in [0.5, 0.6) is 0 Å². The molecular formula is C61H38N2. The standard InChI is InChI=1S/C61H38N2/c1-2-18-48(19-3-1)63-60-55-25-13-9-21-50(55)49-20-8-12-24-54(49)59(60)62-61(63)42-30-26-41(27-31-42)45-34-35-53-56(38-45)58(47-33-29-40-15-5-7-17-44(40)37-47)52-23-11-10-22-51(52)57(53)46-32-28-39-14-4-6-16-43(39)36-46/h1-38H. The molecule has 0 atom stereocenters. The first-order valence-electron chi connectivity index (χ1n) is 21.7. The van der Waals surface area contributed by atoms with Crippen molar-refractivity contribution in [1.29, 1.82) is 0 Å². The smallest absolute Gasteiger partial charge is 0.145 e. The maximum absolute atomic E-state index is 5.50. The SMILES string of the molecule is c1ccc(-n2c(-c3ccc(-c4ccc5c(-c6ccc7ccccc7c6)c6ccccc6c(-c6ccc7ccccc7c6)c5c4)cc3)nc3c4ccccc4c4ccccc4c32)cc1. The highest BCUT2D eigenvalue weighted by Gasteiger charge is 2.21. The molecular weight excluding hydrogens is 761 g/mol. The van der Waals surface area contributed by atoms with Crippen molar-refractivity contribution in [2.75, 3.05) is 0 Å². The van der Waals surface area contributed by atoms with Crippen molar-refractivity contribution < 1.29 is 0 Å². The van der Waals surface area contributed by atoms with E-state index in [0.717, 1.165) is 39.1 Å². The van der Waals surface area contributed by atoms with Gasteiger partial charge in [-0.15, -0.1) is 0 Å². The van der Waals surface area contributed by atoms with Crippen molar-refractivity contribution >= 4 is 75.7 Å². The maximum Gasteiger partial charge on any atom is 0.145 e. The van der Waals surface area contributed by atoms with Crippen molar-refractivity contribution in [3.05, 3.63) is 231 Å². The fourth-order valence-electron chi connectivity index (χ4n) is 10.2. The number of benzene rings is 12. The Labute approximate surface area is 364 Å². The summed E-state index contributed by atoms with van der Waals surface area (Å²) in [6.45, 7) is 0. The van der Waals surface area contributed by atoms with Gasteiger partial charge < -0.3 is 0 Å². The summed E-state index contributed by atoms with van der Waals surface area (Å²) in [5, 5.41) is 14.7. The van der Waals surface area contributed by atoms with Crippen LogP contribution in [0.25, 0.3) is 126 Å². The summed E-state index contributed by atoms with van der Waals surface area (Å²) < 4.78 is 2.35. The molecule has 0 spiro atoms. The summed E-state index contributed by atoms with van der Waals surface area (Å²) >= 11 is 0. The van der Waals surface area contributed by atoms with Crippen LogP contribution in [-0.2, 0) is 0 Å². The van der Waals surface area contributed by atoms with Gasteiger partial charge in [0.15, 0.2) is 0 Å². The molecule has 12 aromatic carbocycles. The van der Waals surface area contributed by atoms with Crippen molar-refractivity contribution in [1.82, 2.24) is 9.55 Å². The molecule has 0 bridgehead atoms. The summed E-state index contributed by atoms with van der Waals surface area (Å²) in [4.78, 5) is 5.50. The lowest BCUT2D eigenvalue weighted by molar-refractivity contribution is 1.11. The largest absolute Gasteiger partial charge is 0.292 e. The van der Waals surface area contributed by atoms with Crippen LogP contribution in [-0.4, -0.2) is 9.55 Å². The number of para-hydroxylation sites is 1. The Kier molecular flexibility index (Phi) is 7.94. The van der Waals surface area contributed by atoms with Crippen LogP contribution >= 0.6 is 0 Å². The van der Waals surface area contributed by atoms with Gasteiger partial charge in [-0.3, -0.25) is 4.57 Å². The lowest BCUT2D eigenvalue weighted by Gasteiger charge is -2.19. The molecule has 0 saturated carbocycles. The van der Waals surface area contributed by atoms with E-state index in [-0.39, 0.29) is 0 Å². The molecule has 292 valence electrons. The molecule has 0 radical (unpaired) electrons. The molecule has 0 aliphatic rings. The number of imidazole rings is 1. The molecule has 1 heterocycles. The topological polar surface area (TPSA) is 17.8 Å². The van der Waals surface area contributed by atoms with E-state index in [4.69, 9.17) is 4.98 Å². The second-order valence-corrected chi connectivity index (χ2v) is 16.7. The molecule has 63 heavy (non-hydrogen) atoms. The van der Waals surface area contributed by atoms with E-state index >= 15 is 0 Å². The Morgan fingerprint density at radius 1 is 0.270 bits per heavy atom. The van der Waals surface area contributed by atoms with Crippen LogP contribution in [0, 0.1) is 0 Å². The van der Waals surface area contributed by atoms with Crippen LogP contribution in [0.2, 0.25) is 0 Å². The molecule has 0 aliphatic heterocycles. The zero-order valence-electron chi connectivity index (χ0n) is 34.3. The average molecular weight is 799 g/mol. The van der Waals surface area contributed by atoms with Gasteiger partial charge in [0.1, 0.15) is 5.82 Å². The van der Waals surface area contributed by atoms with E-state index in [9.17, 15) is 0 Å². The molecule has 0 aliphatic carbocycles. The summed E-state index contributed by atoms with van der Waals surface area (Å²) in [7, 11) is 0. The van der Waals surface area contributed by atoms with Gasteiger partial charge in [0.25, 0.3) is 0 Å². The van der Waals surface area contributed by atoms with Crippen LogP contribution in [0.4, 0.5) is 0 Å². The van der Waals surface area contributed by atoms with Gasteiger partial charge in [-0.1, -0.05) is 200 Å². The summed E-state index contributed by atoms with van der Waals surface area (Å²) in [6.07, 6.45) is 0. The third kappa shape index (κ3) is 5.62. The second kappa shape index (κ2) is 14.1. The lowest BCUT2D eigenvalue weighted by atomic mass is 9.84. The summed E-state index contributed by atoms with van der Waals surface area (Å²) in [5.41, 5.74) is 11.6.